The lowest BCUT2D eigenvalue weighted by Crippen LogP contribution is -2.10. The minimum atomic E-state index is 0.115. The Morgan fingerprint density at radius 2 is 0.932 bits per heavy atom. The number of fused-ring (bicyclic) bond motifs is 5. The summed E-state index contributed by atoms with van der Waals surface area (Å²) < 4.78 is 0. The maximum Gasteiger partial charge on any atom is 0.0972 e. The lowest BCUT2D eigenvalue weighted by molar-refractivity contribution is 0.590. The van der Waals surface area contributed by atoms with Crippen LogP contribution in [0.3, 0.4) is 0 Å². The summed E-state index contributed by atoms with van der Waals surface area (Å²) >= 11 is 0. The van der Waals surface area contributed by atoms with Crippen LogP contribution in [0.4, 0.5) is 0 Å². The zero-order valence-corrected chi connectivity index (χ0v) is 25.2. The molecule has 44 heavy (non-hydrogen) atoms. The highest BCUT2D eigenvalue weighted by molar-refractivity contribution is 6.08. The van der Waals surface area contributed by atoms with Crippen LogP contribution >= 0.6 is 0 Å². The van der Waals surface area contributed by atoms with E-state index in [0.717, 1.165) is 44.3 Å². The summed E-state index contributed by atoms with van der Waals surface area (Å²) in [5, 5.41) is 7.10. The molecular weight excluding hydrogens is 532 g/mol. The van der Waals surface area contributed by atoms with Gasteiger partial charge in [-0.1, -0.05) is 142 Å². The van der Waals surface area contributed by atoms with Gasteiger partial charge in [-0.25, -0.2) is 9.97 Å². The molecule has 8 rings (SSSR count). The normalized spacial score (nSPS) is 12.0. The molecule has 0 radical (unpaired) electrons. The van der Waals surface area contributed by atoms with E-state index in [1.807, 2.05) is 0 Å². The first-order valence-corrected chi connectivity index (χ1v) is 15.3. The fourth-order valence-corrected chi connectivity index (χ4v) is 6.35. The summed E-state index contributed by atoms with van der Waals surface area (Å²) in [6.45, 7) is 6.73. The fourth-order valence-electron chi connectivity index (χ4n) is 6.35. The maximum absolute atomic E-state index is 5.29. The van der Waals surface area contributed by atoms with Crippen LogP contribution in [0.15, 0.2) is 140 Å². The number of rotatable bonds is 3. The molecule has 0 saturated carbocycles. The molecule has 0 aliphatic carbocycles. The molecule has 6 aromatic carbocycles. The minimum absolute atomic E-state index is 0.115. The van der Waals surface area contributed by atoms with E-state index in [1.165, 1.54) is 38.2 Å². The third-order valence-corrected chi connectivity index (χ3v) is 8.83. The predicted molar refractivity (Wildman–Crippen MR) is 187 cm³/mol. The van der Waals surface area contributed by atoms with E-state index in [4.69, 9.17) is 9.97 Å². The van der Waals surface area contributed by atoms with Crippen molar-refractivity contribution in [2.45, 2.75) is 26.2 Å². The molecule has 0 atom stereocenters. The van der Waals surface area contributed by atoms with Crippen LogP contribution in [-0.4, -0.2) is 9.97 Å². The predicted octanol–water partition coefficient (Wildman–Crippen LogP) is 11.4. The maximum atomic E-state index is 5.29. The molecule has 210 valence electrons. The van der Waals surface area contributed by atoms with E-state index >= 15 is 0 Å². The molecule has 0 saturated heterocycles. The average molecular weight is 565 g/mol. The van der Waals surface area contributed by atoms with Crippen LogP contribution in [0.25, 0.3) is 77.0 Å². The van der Waals surface area contributed by atoms with E-state index in [-0.39, 0.29) is 5.41 Å². The monoisotopic (exact) mass is 564 g/mol. The molecule has 0 spiro atoms. The second kappa shape index (κ2) is 10.1. The van der Waals surface area contributed by atoms with Gasteiger partial charge in [-0.3, -0.25) is 0 Å². The Hall–Kier alpha value is -5.34. The molecule has 2 aromatic heterocycles. The van der Waals surface area contributed by atoms with Gasteiger partial charge in [-0.15, -0.1) is 0 Å². The van der Waals surface area contributed by atoms with Gasteiger partial charge < -0.3 is 0 Å². The molecule has 8 aromatic rings. The highest BCUT2D eigenvalue weighted by Crippen LogP contribution is 2.37. The summed E-state index contributed by atoms with van der Waals surface area (Å²) in [5.41, 5.74) is 9.88. The van der Waals surface area contributed by atoms with Crippen molar-refractivity contribution in [3.05, 3.63) is 145 Å². The van der Waals surface area contributed by atoms with Crippen molar-refractivity contribution in [1.82, 2.24) is 9.97 Å². The third kappa shape index (κ3) is 4.51. The smallest absolute Gasteiger partial charge is 0.0972 e. The van der Waals surface area contributed by atoms with Crippen LogP contribution in [0, 0.1) is 0 Å². The Balaban J connectivity index is 1.26. The van der Waals surface area contributed by atoms with Crippen LogP contribution < -0.4 is 0 Å². The van der Waals surface area contributed by atoms with Crippen molar-refractivity contribution in [1.29, 1.82) is 0 Å². The summed E-state index contributed by atoms with van der Waals surface area (Å²) in [6.07, 6.45) is 0. The van der Waals surface area contributed by atoms with Gasteiger partial charge in [0.15, 0.2) is 0 Å². The molecule has 0 bridgehead atoms. The molecular formula is C42H32N2. The lowest BCUT2D eigenvalue weighted by atomic mass is 9.86. The van der Waals surface area contributed by atoms with Gasteiger partial charge in [0.2, 0.25) is 0 Å². The molecule has 0 unspecified atom stereocenters. The van der Waals surface area contributed by atoms with Gasteiger partial charge in [-0.05, 0) is 61.8 Å². The Kier molecular flexibility index (Phi) is 6.06. The van der Waals surface area contributed by atoms with Gasteiger partial charge in [0.25, 0.3) is 0 Å². The van der Waals surface area contributed by atoms with Crippen molar-refractivity contribution < 1.29 is 0 Å². The van der Waals surface area contributed by atoms with Gasteiger partial charge in [0, 0.05) is 21.9 Å². The highest BCUT2D eigenvalue weighted by Gasteiger charge is 2.15. The number of benzene rings is 6. The first kappa shape index (κ1) is 26.3. The average Bonchev–Trinajstić information content (AvgIpc) is 3.06. The van der Waals surface area contributed by atoms with Crippen LogP contribution in [0.1, 0.15) is 26.3 Å². The number of aromatic nitrogens is 2. The molecule has 2 heteroatoms. The summed E-state index contributed by atoms with van der Waals surface area (Å²) in [7, 11) is 0. The van der Waals surface area contributed by atoms with Crippen LogP contribution in [-0.2, 0) is 5.41 Å². The Labute approximate surface area is 257 Å². The van der Waals surface area contributed by atoms with Gasteiger partial charge >= 0.3 is 0 Å². The number of pyridine rings is 2. The van der Waals surface area contributed by atoms with Gasteiger partial charge in [-0.2, -0.15) is 0 Å². The van der Waals surface area contributed by atoms with Crippen molar-refractivity contribution in [3.8, 4) is 33.6 Å². The molecule has 2 nitrogen and oxygen atoms in total. The topological polar surface area (TPSA) is 25.8 Å². The molecule has 0 amide bonds. The first-order valence-electron chi connectivity index (χ1n) is 15.3. The third-order valence-electron chi connectivity index (χ3n) is 8.83. The minimum Gasteiger partial charge on any atom is -0.245 e. The Morgan fingerprint density at radius 1 is 0.409 bits per heavy atom. The first-order chi connectivity index (χ1) is 21.4. The van der Waals surface area contributed by atoms with E-state index in [0.29, 0.717) is 0 Å². The summed E-state index contributed by atoms with van der Waals surface area (Å²) in [4.78, 5) is 10.5. The van der Waals surface area contributed by atoms with Gasteiger partial charge in [0.1, 0.15) is 0 Å². The molecule has 2 heterocycles. The lowest BCUT2D eigenvalue weighted by Gasteiger charge is -2.19. The SMILES string of the molecule is CC(C)(C)c1ccc(-c2ccc3ccc4ccc(-c5ccc(-c6ccc7ccccc7c6)c6ccccc56)nc4c3n2)cc1. The molecule has 0 aliphatic heterocycles. The summed E-state index contributed by atoms with van der Waals surface area (Å²) in [6, 6.07) is 50.1. The van der Waals surface area contributed by atoms with E-state index in [1.54, 1.807) is 0 Å². The Bertz CT molecular complexity index is 2360. The van der Waals surface area contributed by atoms with E-state index in [9.17, 15) is 0 Å². The second-order valence-electron chi connectivity index (χ2n) is 12.7. The molecule has 0 fully saturated rings. The number of hydrogen-bond acceptors (Lipinski definition) is 2. The van der Waals surface area contributed by atoms with Crippen molar-refractivity contribution in [3.63, 3.8) is 0 Å². The fraction of sp³-hybridized carbons (Fsp3) is 0.0952. The molecule has 0 N–H and O–H groups in total. The highest BCUT2D eigenvalue weighted by atomic mass is 14.8. The van der Waals surface area contributed by atoms with E-state index < -0.39 is 0 Å². The van der Waals surface area contributed by atoms with E-state index in [2.05, 4.69) is 160 Å². The second-order valence-corrected chi connectivity index (χ2v) is 12.7. The Morgan fingerprint density at radius 3 is 1.64 bits per heavy atom. The zero-order valence-electron chi connectivity index (χ0n) is 25.2. The zero-order chi connectivity index (χ0) is 29.8. The number of nitrogens with zero attached hydrogens (tertiary/aromatic N) is 2. The van der Waals surface area contributed by atoms with Crippen molar-refractivity contribution >= 4 is 43.4 Å². The quantitative estimate of drug-likeness (QED) is 0.199. The van der Waals surface area contributed by atoms with Crippen LogP contribution in [0.5, 0.6) is 0 Å². The van der Waals surface area contributed by atoms with Crippen molar-refractivity contribution in [2.24, 2.45) is 0 Å². The van der Waals surface area contributed by atoms with Gasteiger partial charge in [0.05, 0.1) is 22.4 Å². The van der Waals surface area contributed by atoms with Crippen molar-refractivity contribution in [2.75, 3.05) is 0 Å². The molecule has 0 aliphatic rings. The number of hydrogen-bond donors (Lipinski definition) is 0. The standard InChI is InChI=1S/C42H32N2/c1-42(2,3)33-20-16-28(17-21-33)38-24-18-29-13-14-30-19-25-39(44-41(30)40(29)43-38)37-23-22-34(35-10-6-7-11-36(35)37)32-15-12-27-8-4-5-9-31(27)26-32/h4-26H,1-3H3. The van der Waals surface area contributed by atoms with Crippen LogP contribution in [0.2, 0.25) is 0 Å². The largest absolute Gasteiger partial charge is 0.245 e. The summed E-state index contributed by atoms with van der Waals surface area (Å²) in [5.74, 6) is 0.